The molecule has 0 amide bonds. The van der Waals surface area contributed by atoms with Crippen molar-refractivity contribution in [3.05, 3.63) is 36.0 Å². The molecule has 0 saturated heterocycles. The fourth-order valence-electron chi connectivity index (χ4n) is 0.703. The number of rotatable bonds is 1. The van der Waals surface area contributed by atoms with Crippen molar-refractivity contribution in [2.45, 2.75) is 20.3 Å². The van der Waals surface area contributed by atoms with Gasteiger partial charge in [-0.3, -0.25) is 0 Å². The molecule has 1 rings (SSSR count). The molecule has 2 nitrogen and oxygen atoms in total. The molecule has 0 unspecified atom stereocenters. The number of hydrogen-bond acceptors (Lipinski definition) is 1. The molecule has 70 valence electrons. The van der Waals surface area contributed by atoms with Gasteiger partial charge in [0.15, 0.2) is 0 Å². The highest BCUT2D eigenvalue weighted by atomic mass is 16.0. The van der Waals surface area contributed by atoms with Crippen LogP contribution in [0.1, 0.15) is 21.7 Å². The van der Waals surface area contributed by atoms with Crippen LogP contribution >= 0.6 is 0 Å². The van der Waals surface area contributed by atoms with E-state index in [1.54, 1.807) is 0 Å². The number of hydrogen-bond donors (Lipinski definition) is 1. The van der Waals surface area contributed by atoms with E-state index in [4.69, 9.17) is 5.41 Å². The van der Waals surface area contributed by atoms with Crippen molar-refractivity contribution in [3.63, 3.8) is 0 Å². The van der Waals surface area contributed by atoms with Crippen LogP contribution in [0.5, 0.6) is 0 Å². The summed E-state index contributed by atoms with van der Waals surface area (Å²) in [5, 5.41) is 6.92. The molecule has 0 bridgehead atoms. The Morgan fingerprint density at radius 2 is 2.08 bits per heavy atom. The Morgan fingerprint density at radius 1 is 1.42 bits per heavy atom. The average Bonchev–Trinajstić information content (AvgIpc) is 2.35. The second-order valence-electron chi connectivity index (χ2n) is 1.87. The molecule has 0 aliphatic heterocycles. The predicted molar refractivity (Wildman–Crippen MR) is 56.8 cm³/mol. The first kappa shape index (κ1) is 13.4. The van der Waals surface area contributed by atoms with E-state index in [-0.39, 0.29) is 6.90 Å². The van der Waals surface area contributed by atoms with Gasteiger partial charge < -0.3 is 10.9 Å². The zero-order chi connectivity index (χ0) is 8.53. The van der Waals surface area contributed by atoms with Gasteiger partial charge in [0.2, 0.25) is 0 Å². The smallest absolute Gasteiger partial charge is 0.0247 e. The van der Waals surface area contributed by atoms with Crippen LogP contribution in [0.15, 0.2) is 36.0 Å². The minimum Gasteiger partial charge on any atom is -0.412 e. The van der Waals surface area contributed by atoms with Crippen LogP contribution in [0.2, 0.25) is 0 Å². The lowest BCUT2D eigenvalue weighted by atomic mass is 10.2. The Kier molecular flexibility index (Phi) is 11.0. The van der Waals surface area contributed by atoms with Gasteiger partial charge in [0.1, 0.15) is 0 Å². The molecule has 3 N–H and O–H groups in total. The average molecular weight is 169 g/mol. The monoisotopic (exact) mass is 169 g/mol. The van der Waals surface area contributed by atoms with Gasteiger partial charge in [-0.1, -0.05) is 44.2 Å². The first-order valence-corrected chi connectivity index (χ1v) is 3.97. The van der Waals surface area contributed by atoms with Crippen molar-refractivity contribution in [3.8, 4) is 0 Å². The largest absolute Gasteiger partial charge is 0.412 e. The highest BCUT2D eigenvalue weighted by molar-refractivity contribution is 5.79. The first-order valence-electron chi connectivity index (χ1n) is 3.97. The van der Waals surface area contributed by atoms with Crippen LogP contribution in [0.4, 0.5) is 0 Å². The van der Waals surface area contributed by atoms with Crippen LogP contribution in [-0.4, -0.2) is 11.7 Å². The van der Waals surface area contributed by atoms with E-state index < -0.39 is 0 Å². The molecule has 0 aromatic heterocycles. The maximum atomic E-state index is 6.92. The van der Waals surface area contributed by atoms with Gasteiger partial charge >= 0.3 is 0 Å². The second kappa shape index (κ2) is 9.85. The molecule has 2 heteroatoms. The Balaban J connectivity index is -0.000000234. The highest BCUT2D eigenvalue weighted by Crippen LogP contribution is 2.00. The van der Waals surface area contributed by atoms with Crippen molar-refractivity contribution in [2.75, 3.05) is 0 Å². The summed E-state index contributed by atoms with van der Waals surface area (Å²) in [6.07, 6.45) is 12.3. The van der Waals surface area contributed by atoms with Crippen LogP contribution in [0.3, 0.4) is 0 Å². The minimum atomic E-state index is 0. The normalized spacial score (nSPS) is 13.0. The van der Waals surface area contributed by atoms with Crippen LogP contribution in [0.25, 0.3) is 0 Å². The molecule has 12 heavy (non-hydrogen) atoms. The van der Waals surface area contributed by atoms with E-state index >= 15 is 0 Å². The van der Waals surface area contributed by atoms with E-state index in [0.29, 0.717) is 0 Å². The first-order chi connectivity index (χ1) is 5.43. The summed E-state index contributed by atoms with van der Waals surface area (Å²) in [4.78, 5) is 0. The summed E-state index contributed by atoms with van der Waals surface area (Å²) in [6, 6.07) is 0. The van der Waals surface area contributed by atoms with Crippen molar-refractivity contribution < 1.29 is 6.90 Å². The lowest BCUT2D eigenvalue weighted by Crippen LogP contribution is -1.74. The highest BCUT2D eigenvalue weighted by Gasteiger charge is 1.85. The van der Waals surface area contributed by atoms with Crippen LogP contribution < -0.4 is 0 Å². The van der Waals surface area contributed by atoms with Gasteiger partial charge in [-0.25, -0.2) is 0 Å². The Morgan fingerprint density at radius 3 is 2.67 bits per heavy atom. The van der Waals surface area contributed by atoms with Crippen molar-refractivity contribution >= 4 is 6.21 Å². The summed E-state index contributed by atoms with van der Waals surface area (Å²) in [7, 11) is 0. The molecule has 1 aliphatic carbocycles. The molecule has 1 aliphatic rings. The van der Waals surface area contributed by atoms with Crippen molar-refractivity contribution in [1.82, 2.24) is 0 Å². The molecule has 0 atom stereocenters. The molecule has 0 aromatic rings. The fraction of sp³-hybridized carbons (Fsp3) is 0.300. The number of nitrogens with one attached hydrogen (secondary N) is 1. The summed E-state index contributed by atoms with van der Waals surface area (Å²) >= 11 is 0. The summed E-state index contributed by atoms with van der Waals surface area (Å²) in [6.45, 7) is 4.00. The molecular formula is C10H19NO. The minimum absolute atomic E-state index is 0. The van der Waals surface area contributed by atoms with E-state index in [9.17, 15) is 0 Å². The third kappa shape index (κ3) is 5.62. The standard InChI is InChI=1S/C8H9N.C2H6.H2O.H2/c9-7-8-5-3-1-2-4-6-8;1-2;;/h1-3,5-7,9H,4H2;1-2H3;1H2;1H. The second-order valence-corrected chi connectivity index (χ2v) is 1.87. The molecule has 0 heterocycles. The van der Waals surface area contributed by atoms with Gasteiger partial charge in [-0.15, -0.1) is 0 Å². The quantitative estimate of drug-likeness (QED) is 0.586. The van der Waals surface area contributed by atoms with Gasteiger partial charge in [0.05, 0.1) is 0 Å². The van der Waals surface area contributed by atoms with Gasteiger partial charge in [0.25, 0.3) is 0 Å². The van der Waals surface area contributed by atoms with E-state index in [0.717, 1.165) is 12.0 Å². The third-order valence-corrected chi connectivity index (χ3v) is 1.19. The van der Waals surface area contributed by atoms with E-state index in [1.807, 2.05) is 38.2 Å². The van der Waals surface area contributed by atoms with Crippen molar-refractivity contribution in [2.24, 2.45) is 0 Å². The molecule has 0 spiro atoms. The lowest BCUT2D eigenvalue weighted by Gasteiger charge is -1.84. The van der Waals surface area contributed by atoms with Crippen LogP contribution in [-0.2, 0) is 0 Å². The predicted octanol–water partition coefficient (Wildman–Crippen LogP) is 2.53. The molecular weight excluding hydrogens is 150 g/mol. The molecule has 0 saturated carbocycles. The molecule has 0 radical (unpaired) electrons. The van der Waals surface area contributed by atoms with Gasteiger partial charge in [0, 0.05) is 7.64 Å². The maximum absolute atomic E-state index is 6.92. The number of allylic oxidation sites excluding steroid dienone is 6. The van der Waals surface area contributed by atoms with Crippen molar-refractivity contribution in [1.29, 1.82) is 5.41 Å². The Labute approximate surface area is 75.6 Å². The molecule has 0 fully saturated rings. The topological polar surface area (TPSA) is 55.4 Å². The van der Waals surface area contributed by atoms with Gasteiger partial charge in [-0.05, 0) is 12.0 Å². The third-order valence-electron chi connectivity index (χ3n) is 1.19. The van der Waals surface area contributed by atoms with E-state index in [1.165, 1.54) is 6.21 Å². The lowest BCUT2D eigenvalue weighted by molar-refractivity contribution is 0.824. The SMILES string of the molecule is CC.N=CC1=CCC=CC=C1.O.[HH]. The van der Waals surface area contributed by atoms with Crippen LogP contribution in [0, 0.1) is 5.41 Å². The van der Waals surface area contributed by atoms with E-state index in [2.05, 4.69) is 6.08 Å². The van der Waals surface area contributed by atoms with Gasteiger partial charge in [-0.2, -0.15) is 0 Å². The summed E-state index contributed by atoms with van der Waals surface area (Å²) in [5.41, 5.74) is 0.986. The molecule has 0 aromatic carbocycles. The summed E-state index contributed by atoms with van der Waals surface area (Å²) < 4.78 is 0. The Bertz CT molecular complexity index is 195. The Hall–Kier alpha value is -1.15. The zero-order valence-electron chi connectivity index (χ0n) is 7.67. The zero-order valence-corrected chi connectivity index (χ0v) is 7.67. The summed E-state index contributed by atoms with van der Waals surface area (Å²) in [5.74, 6) is 0. The fourth-order valence-corrected chi connectivity index (χ4v) is 0.703. The maximum Gasteiger partial charge on any atom is 0.0247 e.